The van der Waals surface area contributed by atoms with Crippen molar-refractivity contribution >= 4 is 15.9 Å². The van der Waals surface area contributed by atoms with Crippen LogP contribution >= 0.6 is 0 Å². The Morgan fingerprint density at radius 3 is 2.71 bits per heavy atom. The number of sulfonamides is 1. The molecule has 1 aliphatic heterocycles. The Hall–Kier alpha value is -2.89. The van der Waals surface area contributed by atoms with Gasteiger partial charge < -0.3 is 9.64 Å². The molecule has 1 amide bonds. The summed E-state index contributed by atoms with van der Waals surface area (Å²) >= 11 is 0. The smallest absolute Gasteiger partial charge is 0.253 e. The van der Waals surface area contributed by atoms with Gasteiger partial charge in [0.25, 0.3) is 5.91 Å². The van der Waals surface area contributed by atoms with Gasteiger partial charge in [0.2, 0.25) is 10.0 Å². The number of hydrogen-bond donors (Lipinski definition) is 0. The number of ether oxygens (including phenoxy) is 1. The van der Waals surface area contributed by atoms with Crippen LogP contribution in [0.15, 0.2) is 47.4 Å². The SMILES string of the molecule is COc1ccc(C(=O)N(C)Cc2cccc(C#N)c2)cc1S(=O)(=O)N1CCCCC1C. The fourth-order valence-electron chi connectivity index (χ4n) is 3.87. The molecule has 0 saturated carbocycles. The van der Waals surface area contributed by atoms with Crippen molar-refractivity contribution in [1.82, 2.24) is 9.21 Å². The molecule has 0 N–H and O–H groups in total. The topological polar surface area (TPSA) is 90.7 Å². The van der Waals surface area contributed by atoms with E-state index < -0.39 is 10.0 Å². The van der Waals surface area contributed by atoms with Crippen LogP contribution in [0.3, 0.4) is 0 Å². The second-order valence-electron chi connectivity index (χ2n) is 7.80. The molecule has 0 bridgehead atoms. The number of nitriles is 1. The van der Waals surface area contributed by atoms with Crippen molar-refractivity contribution in [3.63, 3.8) is 0 Å². The van der Waals surface area contributed by atoms with Crippen LogP contribution in [-0.2, 0) is 16.6 Å². The van der Waals surface area contributed by atoms with Crippen molar-refractivity contribution in [3.8, 4) is 11.8 Å². The van der Waals surface area contributed by atoms with Gasteiger partial charge in [0.15, 0.2) is 0 Å². The van der Waals surface area contributed by atoms with Crippen molar-refractivity contribution in [3.05, 3.63) is 59.2 Å². The van der Waals surface area contributed by atoms with Gasteiger partial charge in [0.1, 0.15) is 10.6 Å². The van der Waals surface area contributed by atoms with Crippen molar-refractivity contribution < 1.29 is 17.9 Å². The lowest BCUT2D eigenvalue weighted by Gasteiger charge is -2.32. The van der Waals surface area contributed by atoms with Gasteiger partial charge in [-0.15, -0.1) is 0 Å². The predicted molar refractivity (Wildman–Crippen MR) is 117 cm³/mol. The average molecular weight is 442 g/mol. The molecule has 1 atom stereocenters. The number of methoxy groups -OCH3 is 1. The highest BCUT2D eigenvalue weighted by Gasteiger charge is 2.33. The van der Waals surface area contributed by atoms with Crippen LogP contribution in [0.25, 0.3) is 0 Å². The predicted octanol–water partition coefficient (Wildman–Crippen LogP) is 3.40. The zero-order chi connectivity index (χ0) is 22.6. The van der Waals surface area contributed by atoms with Gasteiger partial charge in [-0.05, 0) is 55.7 Å². The molecule has 1 saturated heterocycles. The Balaban J connectivity index is 1.90. The van der Waals surface area contributed by atoms with Crippen LogP contribution in [0, 0.1) is 11.3 Å². The molecule has 1 unspecified atom stereocenters. The first-order valence-electron chi connectivity index (χ1n) is 10.2. The Morgan fingerprint density at radius 1 is 1.26 bits per heavy atom. The maximum absolute atomic E-state index is 13.4. The molecule has 1 aliphatic rings. The van der Waals surface area contributed by atoms with Crippen LogP contribution < -0.4 is 4.74 Å². The summed E-state index contributed by atoms with van der Waals surface area (Å²) in [5, 5.41) is 9.06. The molecule has 2 aromatic carbocycles. The van der Waals surface area contributed by atoms with Gasteiger partial charge >= 0.3 is 0 Å². The molecule has 7 nitrogen and oxygen atoms in total. The van der Waals surface area contributed by atoms with Gasteiger partial charge in [0.05, 0.1) is 18.7 Å². The summed E-state index contributed by atoms with van der Waals surface area (Å²) in [5.41, 5.74) is 1.60. The monoisotopic (exact) mass is 441 g/mol. The van der Waals surface area contributed by atoms with Crippen LogP contribution in [0.2, 0.25) is 0 Å². The van der Waals surface area contributed by atoms with E-state index in [0.29, 0.717) is 18.7 Å². The molecular formula is C23H27N3O4S. The molecule has 164 valence electrons. The normalized spacial score (nSPS) is 17.0. The maximum Gasteiger partial charge on any atom is 0.253 e. The molecule has 31 heavy (non-hydrogen) atoms. The zero-order valence-electron chi connectivity index (χ0n) is 18.0. The van der Waals surface area contributed by atoms with Crippen LogP contribution in [0.5, 0.6) is 5.75 Å². The standard InChI is InChI=1S/C23H27N3O4S/c1-17-7-4-5-12-26(17)31(28,29)22-14-20(10-11-21(22)30-3)23(27)25(2)16-19-9-6-8-18(13-19)15-24/h6,8-11,13-14,17H,4-5,7,12,16H2,1-3H3. The van der Waals surface area contributed by atoms with Crippen LogP contribution in [0.1, 0.15) is 47.7 Å². The van der Waals surface area contributed by atoms with Gasteiger partial charge in [-0.1, -0.05) is 18.6 Å². The number of carbonyl (C=O) groups excluding carboxylic acids is 1. The summed E-state index contributed by atoms with van der Waals surface area (Å²) in [5.74, 6) is -0.0909. The van der Waals surface area contributed by atoms with E-state index in [1.165, 1.54) is 28.4 Å². The zero-order valence-corrected chi connectivity index (χ0v) is 18.9. The highest BCUT2D eigenvalue weighted by molar-refractivity contribution is 7.89. The molecule has 2 aromatic rings. The Labute approximate surface area is 183 Å². The minimum absolute atomic E-state index is 0.00878. The quantitative estimate of drug-likeness (QED) is 0.685. The third kappa shape index (κ3) is 4.89. The number of piperidine rings is 1. The van der Waals surface area contributed by atoms with Crippen molar-refractivity contribution in [2.24, 2.45) is 0 Å². The summed E-state index contributed by atoms with van der Waals surface area (Å²) in [6.07, 6.45) is 2.63. The number of amides is 1. The number of hydrogen-bond acceptors (Lipinski definition) is 5. The average Bonchev–Trinajstić information content (AvgIpc) is 2.78. The summed E-state index contributed by atoms with van der Waals surface area (Å²) in [6.45, 7) is 2.66. The highest BCUT2D eigenvalue weighted by atomic mass is 32.2. The summed E-state index contributed by atoms with van der Waals surface area (Å²) < 4.78 is 33.6. The van der Waals surface area contributed by atoms with Gasteiger partial charge in [-0.2, -0.15) is 9.57 Å². The van der Waals surface area contributed by atoms with E-state index in [2.05, 4.69) is 6.07 Å². The third-order valence-corrected chi connectivity index (χ3v) is 7.60. The molecule has 1 heterocycles. The Morgan fingerprint density at radius 2 is 2.03 bits per heavy atom. The number of nitrogens with zero attached hydrogens (tertiary/aromatic N) is 3. The van der Waals surface area contributed by atoms with E-state index in [4.69, 9.17) is 10.00 Å². The van der Waals surface area contributed by atoms with E-state index >= 15 is 0 Å². The van der Waals surface area contributed by atoms with Gasteiger partial charge in [0, 0.05) is 31.7 Å². The molecule has 1 fully saturated rings. The summed E-state index contributed by atoms with van der Waals surface area (Å²) in [6, 6.07) is 13.5. The molecule has 3 rings (SSSR count). The second-order valence-corrected chi connectivity index (χ2v) is 9.66. The minimum Gasteiger partial charge on any atom is -0.495 e. The maximum atomic E-state index is 13.4. The van der Waals surface area contributed by atoms with E-state index in [0.717, 1.165) is 24.8 Å². The number of rotatable bonds is 6. The molecule has 0 radical (unpaired) electrons. The first-order valence-corrected chi connectivity index (χ1v) is 11.7. The second kappa shape index (κ2) is 9.50. The van der Waals surface area contributed by atoms with Gasteiger partial charge in [-0.3, -0.25) is 4.79 Å². The van der Waals surface area contributed by atoms with Crippen molar-refractivity contribution in [2.45, 2.75) is 43.7 Å². The van der Waals surface area contributed by atoms with Crippen LogP contribution in [-0.4, -0.2) is 50.3 Å². The number of carbonyl (C=O) groups is 1. The summed E-state index contributed by atoms with van der Waals surface area (Å²) in [7, 11) is -0.736. The molecule has 0 aliphatic carbocycles. The van der Waals surface area contributed by atoms with Crippen molar-refractivity contribution in [2.75, 3.05) is 20.7 Å². The van der Waals surface area contributed by atoms with Gasteiger partial charge in [-0.25, -0.2) is 8.42 Å². The van der Waals surface area contributed by atoms with E-state index in [-0.39, 0.29) is 28.2 Å². The Kier molecular flexibility index (Phi) is 6.98. The molecule has 0 aromatic heterocycles. The Bertz CT molecular complexity index is 1110. The first kappa shape index (κ1) is 22.8. The fourth-order valence-corrected chi connectivity index (χ4v) is 5.75. The minimum atomic E-state index is -3.80. The highest BCUT2D eigenvalue weighted by Crippen LogP contribution is 2.32. The lowest BCUT2D eigenvalue weighted by molar-refractivity contribution is 0.0784. The van der Waals surface area contributed by atoms with E-state index in [9.17, 15) is 13.2 Å². The third-order valence-electron chi connectivity index (χ3n) is 5.56. The molecule has 0 spiro atoms. The summed E-state index contributed by atoms with van der Waals surface area (Å²) in [4.78, 5) is 14.5. The largest absolute Gasteiger partial charge is 0.495 e. The fraction of sp³-hybridized carbons (Fsp3) is 0.391. The van der Waals surface area contributed by atoms with Crippen LogP contribution in [0.4, 0.5) is 0 Å². The lowest BCUT2D eigenvalue weighted by Crippen LogP contribution is -2.42. The van der Waals surface area contributed by atoms with Crippen molar-refractivity contribution in [1.29, 1.82) is 5.26 Å². The molecular weight excluding hydrogens is 414 g/mol. The molecule has 8 heteroatoms. The van der Waals surface area contributed by atoms with E-state index in [1.54, 1.807) is 31.3 Å². The first-order chi connectivity index (χ1) is 14.8. The lowest BCUT2D eigenvalue weighted by atomic mass is 10.1. The van der Waals surface area contributed by atoms with E-state index in [1.807, 2.05) is 13.0 Å². The number of benzene rings is 2.